The number of hydrogen-bond donors (Lipinski definition) is 1. The van der Waals surface area contributed by atoms with Gasteiger partial charge < -0.3 is 14.8 Å². The van der Waals surface area contributed by atoms with Crippen LogP contribution in [0.15, 0.2) is 67.4 Å². The van der Waals surface area contributed by atoms with Crippen molar-refractivity contribution in [3.05, 3.63) is 78.6 Å². The van der Waals surface area contributed by atoms with Gasteiger partial charge in [-0.25, -0.2) is 4.98 Å². The van der Waals surface area contributed by atoms with Gasteiger partial charge in [-0.1, -0.05) is 24.3 Å². The highest BCUT2D eigenvalue weighted by molar-refractivity contribution is 5.83. The molecule has 0 aliphatic carbocycles. The molecule has 7 heteroatoms. The number of aromatic nitrogens is 3. The maximum absolute atomic E-state index is 12.8. The molecular weight excluding hydrogens is 366 g/mol. The second-order valence-electron chi connectivity index (χ2n) is 7.15. The molecule has 4 rings (SSSR count). The summed E-state index contributed by atoms with van der Waals surface area (Å²) in [6, 6.07) is 13.5. The van der Waals surface area contributed by atoms with Crippen LogP contribution in [0.4, 0.5) is 0 Å². The molecule has 1 aliphatic rings. The van der Waals surface area contributed by atoms with Crippen LogP contribution in [0.25, 0.3) is 5.69 Å². The Bertz CT molecular complexity index is 972. The Kier molecular flexibility index (Phi) is 5.65. The Morgan fingerprint density at radius 1 is 1.14 bits per heavy atom. The summed E-state index contributed by atoms with van der Waals surface area (Å²) in [5.41, 5.74) is 2.83. The number of nitrogens with one attached hydrogen (secondary N) is 1. The number of likely N-dealkylation sites (tertiary alicyclic amines) is 1. The zero-order valence-electron chi connectivity index (χ0n) is 16.1. The van der Waals surface area contributed by atoms with E-state index in [0.29, 0.717) is 32.5 Å². The summed E-state index contributed by atoms with van der Waals surface area (Å²) >= 11 is 0. The summed E-state index contributed by atoms with van der Waals surface area (Å²) in [4.78, 5) is 35.2. The fraction of sp³-hybridized carbons (Fsp3) is 0.273. The van der Waals surface area contributed by atoms with E-state index in [4.69, 9.17) is 0 Å². The van der Waals surface area contributed by atoms with E-state index in [-0.39, 0.29) is 17.7 Å². The topological polar surface area (TPSA) is 80.1 Å². The van der Waals surface area contributed by atoms with Crippen molar-refractivity contribution in [3.8, 4) is 5.69 Å². The molecule has 3 aromatic rings. The molecule has 1 N–H and O–H groups in total. The van der Waals surface area contributed by atoms with Gasteiger partial charge in [0.2, 0.25) is 11.8 Å². The molecule has 0 saturated carbocycles. The molecule has 7 nitrogen and oxygen atoms in total. The highest BCUT2D eigenvalue weighted by Gasteiger charge is 2.30. The molecule has 1 aromatic carbocycles. The average Bonchev–Trinajstić information content (AvgIpc) is 3.29. The fourth-order valence-corrected chi connectivity index (χ4v) is 3.61. The normalized spacial score (nSPS) is 16.6. The molecule has 0 spiro atoms. The van der Waals surface area contributed by atoms with Crippen molar-refractivity contribution in [2.24, 2.45) is 5.92 Å². The molecule has 2 amide bonds. The number of benzene rings is 1. The second kappa shape index (κ2) is 8.68. The van der Waals surface area contributed by atoms with Gasteiger partial charge in [0.1, 0.15) is 0 Å². The van der Waals surface area contributed by atoms with Crippen molar-refractivity contribution in [1.82, 2.24) is 24.8 Å². The largest absolute Gasteiger partial charge is 0.352 e. The first-order valence-electron chi connectivity index (χ1n) is 9.72. The fourth-order valence-electron chi connectivity index (χ4n) is 3.61. The van der Waals surface area contributed by atoms with Crippen molar-refractivity contribution in [1.29, 1.82) is 0 Å². The zero-order chi connectivity index (χ0) is 20.1. The summed E-state index contributed by atoms with van der Waals surface area (Å²) in [5.74, 6) is -0.161. The molecule has 1 saturated heterocycles. The van der Waals surface area contributed by atoms with Crippen LogP contribution in [0.2, 0.25) is 0 Å². The minimum atomic E-state index is -0.211. The van der Waals surface area contributed by atoms with Gasteiger partial charge in [0.15, 0.2) is 0 Å². The molecule has 0 radical (unpaired) electrons. The number of imidazole rings is 1. The minimum Gasteiger partial charge on any atom is -0.352 e. The Balaban J connectivity index is 1.38. The number of pyridine rings is 1. The van der Waals surface area contributed by atoms with Crippen LogP contribution in [0.1, 0.15) is 24.1 Å². The van der Waals surface area contributed by atoms with Crippen LogP contribution in [0, 0.1) is 5.92 Å². The lowest BCUT2D eigenvalue weighted by Crippen LogP contribution is -2.45. The minimum absolute atomic E-state index is 0.0241. The number of rotatable bonds is 6. The van der Waals surface area contributed by atoms with Gasteiger partial charge >= 0.3 is 0 Å². The molecule has 1 atom stereocenters. The van der Waals surface area contributed by atoms with Gasteiger partial charge in [-0.15, -0.1) is 0 Å². The second-order valence-corrected chi connectivity index (χ2v) is 7.15. The van der Waals surface area contributed by atoms with E-state index in [1.54, 1.807) is 23.6 Å². The van der Waals surface area contributed by atoms with E-state index in [1.807, 2.05) is 53.2 Å². The standard InChI is InChI=1S/C22H23N5O2/c28-21-9-8-18(14-27(21)15-19-6-3-4-10-24-19)22(29)25-13-17-5-1-2-7-20(17)26-12-11-23-16-26/h1-7,10-12,16,18H,8-9,13-15H2,(H,25,29)/t18-/m0/s1. The Hall–Kier alpha value is -3.48. The third-order valence-corrected chi connectivity index (χ3v) is 5.18. The zero-order valence-corrected chi connectivity index (χ0v) is 16.1. The monoisotopic (exact) mass is 389 g/mol. The maximum Gasteiger partial charge on any atom is 0.225 e. The molecular formula is C22H23N5O2. The highest BCUT2D eigenvalue weighted by Crippen LogP contribution is 2.20. The smallest absolute Gasteiger partial charge is 0.225 e. The summed E-state index contributed by atoms with van der Waals surface area (Å²) in [6.45, 7) is 1.29. The summed E-state index contributed by atoms with van der Waals surface area (Å²) in [5, 5.41) is 3.04. The predicted octanol–water partition coefficient (Wildman–Crippen LogP) is 2.32. The number of amides is 2. The lowest BCUT2D eigenvalue weighted by atomic mass is 9.96. The molecule has 1 aliphatic heterocycles. The number of piperidine rings is 1. The van der Waals surface area contributed by atoms with E-state index in [2.05, 4.69) is 15.3 Å². The number of carbonyl (C=O) groups is 2. The van der Waals surface area contributed by atoms with Crippen LogP contribution < -0.4 is 5.32 Å². The van der Waals surface area contributed by atoms with Crippen LogP contribution >= 0.6 is 0 Å². The highest BCUT2D eigenvalue weighted by atomic mass is 16.2. The predicted molar refractivity (Wildman–Crippen MR) is 108 cm³/mol. The molecule has 0 unspecified atom stereocenters. The first kappa shape index (κ1) is 18.9. The molecule has 1 fully saturated rings. The van der Waals surface area contributed by atoms with E-state index < -0.39 is 0 Å². The SMILES string of the molecule is O=C(NCc1ccccc1-n1ccnc1)[C@H]1CCC(=O)N(Cc2ccccn2)C1. The molecule has 29 heavy (non-hydrogen) atoms. The Labute approximate surface area is 169 Å². The van der Waals surface area contributed by atoms with Crippen molar-refractivity contribution >= 4 is 11.8 Å². The van der Waals surface area contributed by atoms with Crippen molar-refractivity contribution in [2.75, 3.05) is 6.54 Å². The van der Waals surface area contributed by atoms with E-state index in [1.165, 1.54) is 0 Å². The number of hydrogen-bond acceptors (Lipinski definition) is 4. The van der Waals surface area contributed by atoms with Crippen LogP contribution in [-0.2, 0) is 22.7 Å². The quantitative estimate of drug-likeness (QED) is 0.702. The molecule has 3 heterocycles. The average molecular weight is 389 g/mol. The van der Waals surface area contributed by atoms with Gasteiger partial charge in [0, 0.05) is 38.1 Å². The summed E-state index contributed by atoms with van der Waals surface area (Å²) < 4.78 is 1.93. The number of carbonyl (C=O) groups excluding carboxylic acids is 2. The van der Waals surface area contributed by atoms with Gasteiger partial charge in [0.05, 0.1) is 30.2 Å². The van der Waals surface area contributed by atoms with E-state index in [9.17, 15) is 9.59 Å². The summed E-state index contributed by atoms with van der Waals surface area (Å²) in [7, 11) is 0. The first-order chi connectivity index (χ1) is 14.2. The van der Waals surface area contributed by atoms with Crippen molar-refractivity contribution in [2.45, 2.75) is 25.9 Å². The lowest BCUT2D eigenvalue weighted by Gasteiger charge is -2.31. The van der Waals surface area contributed by atoms with Crippen molar-refractivity contribution in [3.63, 3.8) is 0 Å². The van der Waals surface area contributed by atoms with Crippen LogP contribution in [0.5, 0.6) is 0 Å². The van der Waals surface area contributed by atoms with E-state index >= 15 is 0 Å². The van der Waals surface area contributed by atoms with Crippen molar-refractivity contribution < 1.29 is 9.59 Å². The molecule has 2 aromatic heterocycles. The molecule has 0 bridgehead atoms. The first-order valence-corrected chi connectivity index (χ1v) is 9.72. The van der Waals surface area contributed by atoms with Gasteiger partial charge in [-0.2, -0.15) is 0 Å². The van der Waals surface area contributed by atoms with Gasteiger partial charge in [0.25, 0.3) is 0 Å². The number of para-hydroxylation sites is 1. The third kappa shape index (κ3) is 4.51. The lowest BCUT2D eigenvalue weighted by molar-refractivity contribution is -0.139. The Morgan fingerprint density at radius 2 is 2.00 bits per heavy atom. The van der Waals surface area contributed by atoms with Gasteiger partial charge in [-0.3, -0.25) is 14.6 Å². The maximum atomic E-state index is 12.8. The summed E-state index contributed by atoms with van der Waals surface area (Å²) in [6.07, 6.45) is 8.02. The number of nitrogens with zero attached hydrogens (tertiary/aromatic N) is 4. The third-order valence-electron chi connectivity index (χ3n) is 5.18. The van der Waals surface area contributed by atoms with Crippen LogP contribution in [0.3, 0.4) is 0 Å². The molecule has 148 valence electrons. The van der Waals surface area contributed by atoms with Crippen LogP contribution in [-0.4, -0.2) is 37.8 Å². The van der Waals surface area contributed by atoms with E-state index in [0.717, 1.165) is 16.9 Å². The van der Waals surface area contributed by atoms with Gasteiger partial charge in [-0.05, 0) is 30.2 Å². The Morgan fingerprint density at radius 3 is 2.79 bits per heavy atom.